The average Bonchev–Trinajstić information content (AvgIpc) is 3.14. The molecule has 1 aromatic rings. The van der Waals surface area contributed by atoms with Crippen LogP contribution in [0.5, 0.6) is 0 Å². The second-order valence-electron chi connectivity index (χ2n) is 5.46. The molecule has 2 aliphatic heterocycles. The summed E-state index contributed by atoms with van der Waals surface area (Å²) in [5.41, 5.74) is 0. The zero-order valence-electron chi connectivity index (χ0n) is 12.2. The lowest BCUT2D eigenvalue weighted by molar-refractivity contribution is -0.137. The minimum Gasteiger partial charge on any atom is -0.369 e. The molecule has 2 atom stereocenters. The summed E-state index contributed by atoms with van der Waals surface area (Å²) in [6.07, 6.45) is 6.10. The first-order chi connectivity index (χ1) is 10.2. The van der Waals surface area contributed by atoms with Gasteiger partial charge in [0.25, 0.3) is 0 Å². The molecular formula is C15H20FN3O2. The van der Waals surface area contributed by atoms with Gasteiger partial charge in [-0.1, -0.05) is 0 Å². The molecule has 0 aliphatic carbocycles. The van der Waals surface area contributed by atoms with Crippen molar-refractivity contribution in [2.24, 2.45) is 5.92 Å². The molecule has 1 fully saturated rings. The molecule has 3 rings (SSSR count). The van der Waals surface area contributed by atoms with Crippen LogP contribution in [0.25, 0.3) is 0 Å². The van der Waals surface area contributed by atoms with E-state index in [1.165, 1.54) is 0 Å². The highest BCUT2D eigenvalue weighted by molar-refractivity contribution is 5.80. The molecule has 0 saturated carbocycles. The molecule has 3 heterocycles. The summed E-state index contributed by atoms with van der Waals surface area (Å²) >= 11 is 0. The smallest absolute Gasteiger partial charge is 0.229 e. The van der Waals surface area contributed by atoms with Crippen molar-refractivity contribution in [3.8, 4) is 0 Å². The molecule has 0 N–H and O–H groups in total. The van der Waals surface area contributed by atoms with E-state index in [9.17, 15) is 9.18 Å². The largest absolute Gasteiger partial charge is 0.369 e. The van der Waals surface area contributed by atoms with Crippen LogP contribution in [-0.2, 0) is 16.1 Å². The van der Waals surface area contributed by atoms with Crippen molar-refractivity contribution in [2.45, 2.75) is 32.4 Å². The number of hydrogen-bond donors (Lipinski definition) is 0. The van der Waals surface area contributed by atoms with Gasteiger partial charge in [0, 0.05) is 32.1 Å². The lowest BCUT2D eigenvalue weighted by Crippen LogP contribution is -2.40. The maximum absolute atomic E-state index is 13.4. The molecule has 0 spiro atoms. The summed E-state index contributed by atoms with van der Waals surface area (Å²) < 4.78 is 21.1. The fourth-order valence-electron chi connectivity index (χ4n) is 3.07. The fraction of sp³-hybridized carbons (Fsp3) is 0.600. The van der Waals surface area contributed by atoms with E-state index < -0.39 is 0 Å². The standard InChI is InChI=1S/C15H20FN3O2/c1-2-18-8-6-17-14(18)13-12(5-9-21-13)15(20)19-7-3-4-11(16)10-19/h4,6,8,12-13H,2-3,5,7,9-10H2,1H3/t12-,13-/m1/s1. The van der Waals surface area contributed by atoms with Gasteiger partial charge in [0.05, 0.1) is 12.5 Å². The van der Waals surface area contributed by atoms with E-state index in [0.29, 0.717) is 26.0 Å². The topological polar surface area (TPSA) is 47.4 Å². The zero-order chi connectivity index (χ0) is 14.8. The van der Waals surface area contributed by atoms with Crippen LogP contribution in [0.2, 0.25) is 0 Å². The summed E-state index contributed by atoms with van der Waals surface area (Å²) in [6, 6.07) is 0. The molecule has 114 valence electrons. The summed E-state index contributed by atoms with van der Waals surface area (Å²) in [6.45, 7) is 4.03. The number of nitrogens with zero attached hydrogens (tertiary/aromatic N) is 3. The van der Waals surface area contributed by atoms with E-state index in [4.69, 9.17) is 4.74 Å². The highest BCUT2D eigenvalue weighted by Gasteiger charge is 2.40. The van der Waals surface area contributed by atoms with Gasteiger partial charge < -0.3 is 14.2 Å². The van der Waals surface area contributed by atoms with Gasteiger partial charge in [0.15, 0.2) is 0 Å². The predicted molar refractivity (Wildman–Crippen MR) is 75.1 cm³/mol. The Morgan fingerprint density at radius 3 is 3.19 bits per heavy atom. The molecule has 0 radical (unpaired) electrons. The lowest BCUT2D eigenvalue weighted by Gasteiger charge is -2.29. The number of rotatable bonds is 3. The minimum atomic E-state index is -0.318. The molecule has 0 aromatic carbocycles. The third-order valence-electron chi connectivity index (χ3n) is 4.17. The van der Waals surface area contributed by atoms with Gasteiger partial charge in [-0.05, 0) is 25.8 Å². The second-order valence-corrected chi connectivity index (χ2v) is 5.46. The number of carbonyl (C=O) groups is 1. The summed E-state index contributed by atoms with van der Waals surface area (Å²) in [7, 11) is 0. The molecule has 2 aliphatic rings. The number of ether oxygens (including phenoxy) is 1. The van der Waals surface area contributed by atoms with Crippen molar-refractivity contribution in [1.82, 2.24) is 14.5 Å². The van der Waals surface area contributed by atoms with Crippen molar-refractivity contribution in [2.75, 3.05) is 19.7 Å². The third-order valence-corrected chi connectivity index (χ3v) is 4.17. The van der Waals surface area contributed by atoms with Gasteiger partial charge in [0.1, 0.15) is 17.8 Å². The first-order valence-electron chi connectivity index (χ1n) is 7.46. The van der Waals surface area contributed by atoms with Crippen molar-refractivity contribution in [3.05, 3.63) is 30.1 Å². The Hall–Kier alpha value is -1.69. The molecule has 1 aromatic heterocycles. The number of halogens is 1. The summed E-state index contributed by atoms with van der Waals surface area (Å²) in [5.74, 6) is 0.288. The monoisotopic (exact) mass is 293 g/mol. The average molecular weight is 293 g/mol. The van der Waals surface area contributed by atoms with Gasteiger partial charge in [-0.25, -0.2) is 9.37 Å². The highest BCUT2D eigenvalue weighted by Crippen LogP contribution is 2.35. The van der Waals surface area contributed by atoms with E-state index >= 15 is 0 Å². The quantitative estimate of drug-likeness (QED) is 0.857. The van der Waals surface area contributed by atoms with E-state index in [1.807, 2.05) is 17.7 Å². The van der Waals surface area contributed by atoms with Crippen molar-refractivity contribution >= 4 is 5.91 Å². The van der Waals surface area contributed by atoms with Gasteiger partial charge in [0.2, 0.25) is 5.91 Å². The van der Waals surface area contributed by atoms with Crippen LogP contribution in [0.15, 0.2) is 24.3 Å². The maximum Gasteiger partial charge on any atom is 0.229 e. The van der Waals surface area contributed by atoms with Crippen LogP contribution >= 0.6 is 0 Å². The van der Waals surface area contributed by atoms with E-state index in [-0.39, 0.29) is 30.3 Å². The molecule has 5 nitrogen and oxygen atoms in total. The highest BCUT2D eigenvalue weighted by atomic mass is 19.1. The van der Waals surface area contributed by atoms with Gasteiger partial charge in [-0.3, -0.25) is 4.79 Å². The Labute approximate surface area is 123 Å². The number of imidazole rings is 1. The summed E-state index contributed by atoms with van der Waals surface area (Å²) in [5, 5.41) is 0. The Morgan fingerprint density at radius 1 is 1.57 bits per heavy atom. The van der Waals surface area contributed by atoms with Crippen molar-refractivity contribution in [1.29, 1.82) is 0 Å². The van der Waals surface area contributed by atoms with Crippen LogP contribution < -0.4 is 0 Å². The Morgan fingerprint density at radius 2 is 2.43 bits per heavy atom. The molecule has 1 saturated heterocycles. The SMILES string of the molecule is CCn1ccnc1[C@@H]1OCC[C@H]1C(=O)N1CCC=C(F)C1. The van der Waals surface area contributed by atoms with Crippen LogP contribution in [0.1, 0.15) is 31.7 Å². The zero-order valence-corrected chi connectivity index (χ0v) is 12.2. The van der Waals surface area contributed by atoms with Crippen LogP contribution in [0.3, 0.4) is 0 Å². The minimum absolute atomic E-state index is 0.0218. The third kappa shape index (κ3) is 2.72. The van der Waals surface area contributed by atoms with Gasteiger partial charge in [-0.15, -0.1) is 0 Å². The van der Waals surface area contributed by atoms with E-state index in [1.54, 1.807) is 17.2 Å². The molecular weight excluding hydrogens is 273 g/mol. The number of hydrogen-bond acceptors (Lipinski definition) is 3. The van der Waals surface area contributed by atoms with Gasteiger partial charge in [-0.2, -0.15) is 0 Å². The molecule has 0 bridgehead atoms. The number of amides is 1. The fourth-order valence-corrected chi connectivity index (χ4v) is 3.07. The Kier molecular flexibility index (Phi) is 4.05. The molecule has 6 heteroatoms. The molecule has 1 amide bonds. The second kappa shape index (κ2) is 5.97. The number of carbonyl (C=O) groups excluding carboxylic acids is 1. The number of aromatic nitrogens is 2. The van der Waals surface area contributed by atoms with Crippen LogP contribution in [0.4, 0.5) is 4.39 Å². The molecule has 21 heavy (non-hydrogen) atoms. The number of aryl methyl sites for hydroxylation is 1. The van der Waals surface area contributed by atoms with Gasteiger partial charge >= 0.3 is 0 Å². The first-order valence-corrected chi connectivity index (χ1v) is 7.46. The first kappa shape index (κ1) is 14.3. The molecule has 0 unspecified atom stereocenters. The van der Waals surface area contributed by atoms with Crippen LogP contribution in [0, 0.1) is 5.92 Å². The van der Waals surface area contributed by atoms with Crippen molar-refractivity contribution in [3.63, 3.8) is 0 Å². The maximum atomic E-state index is 13.4. The van der Waals surface area contributed by atoms with Crippen LogP contribution in [-0.4, -0.2) is 40.1 Å². The Bertz CT molecular complexity index is 555. The van der Waals surface area contributed by atoms with Crippen molar-refractivity contribution < 1.29 is 13.9 Å². The lowest BCUT2D eigenvalue weighted by atomic mass is 9.98. The normalized spacial score (nSPS) is 26.0. The Balaban J connectivity index is 1.78. The summed E-state index contributed by atoms with van der Waals surface area (Å²) in [4.78, 5) is 18.6. The van der Waals surface area contributed by atoms with E-state index in [2.05, 4.69) is 4.98 Å². The van der Waals surface area contributed by atoms with E-state index in [0.717, 1.165) is 12.4 Å². The predicted octanol–water partition coefficient (Wildman–Crippen LogP) is 2.07.